The van der Waals surface area contributed by atoms with E-state index in [1.54, 1.807) is 23.1 Å². The highest BCUT2D eigenvalue weighted by Gasteiger charge is 2.49. The zero-order chi connectivity index (χ0) is 19.2. The summed E-state index contributed by atoms with van der Waals surface area (Å²) >= 11 is 1.32. The first-order valence-electron chi connectivity index (χ1n) is 8.85. The zero-order valence-electron chi connectivity index (χ0n) is 14.8. The number of rotatable bonds is 3. The van der Waals surface area contributed by atoms with E-state index in [0.717, 1.165) is 6.42 Å². The number of nitrogens with zero attached hydrogens (tertiary/aromatic N) is 2. The van der Waals surface area contributed by atoms with E-state index >= 15 is 0 Å². The number of ether oxygens (including phenoxy) is 1. The fourth-order valence-electron chi connectivity index (χ4n) is 3.68. The molecule has 27 heavy (non-hydrogen) atoms. The highest BCUT2D eigenvalue weighted by atomic mass is 32.2. The molecule has 3 aliphatic rings. The third-order valence-electron chi connectivity index (χ3n) is 5.01. The summed E-state index contributed by atoms with van der Waals surface area (Å²) in [5.41, 5.74) is 1.21. The lowest BCUT2D eigenvalue weighted by Crippen LogP contribution is -2.38. The fourth-order valence-corrected chi connectivity index (χ4v) is 7.60. The number of hydrogen-bond donors (Lipinski definition) is 0. The SMILES string of the molecule is CC(=O)c1cccc(N2C(=NC(=O)C3CCCO3)SC3CS(=O)(=O)CC32)c1. The Morgan fingerprint density at radius 1 is 1.30 bits per heavy atom. The topological polar surface area (TPSA) is 93.1 Å². The Hall–Kier alpha value is -1.71. The fraction of sp³-hybridized carbons (Fsp3) is 0.500. The summed E-state index contributed by atoms with van der Waals surface area (Å²) in [5.74, 6) is -0.320. The average Bonchev–Trinajstić information content (AvgIpc) is 3.29. The van der Waals surface area contributed by atoms with Crippen LogP contribution in [-0.2, 0) is 19.4 Å². The maximum Gasteiger partial charge on any atom is 0.277 e. The molecule has 3 heterocycles. The van der Waals surface area contributed by atoms with Gasteiger partial charge in [-0.05, 0) is 31.9 Å². The van der Waals surface area contributed by atoms with Gasteiger partial charge in [-0.2, -0.15) is 4.99 Å². The molecular weight excluding hydrogens is 388 g/mol. The third kappa shape index (κ3) is 3.68. The van der Waals surface area contributed by atoms with Crippen LogP contribution in [-0.4, -0.2) is 60.8 Å². The molecule has 3 fully saturated rings. The van der Waals surface area contributed by atoms with Crippen molar-refractivity contribution in [2.75, 3.05) is 23.0 Å². The van der Waals surface area contributed by atoms with Gasteiger partial charge in [0.15, 0.2) is 20.8 Å². The maximum atomic E-state index is 12.5. The molecule has 0 aliphatic carbocycles. The number of anilines is 1. The number of amides is 1. The molecule has 0 N–H and O–H groups in total. The summed E-state index contributed by atoms with van der Waals surface area (Å²) in [6.45, 7) is 2.04. The molecule has 0 aromatic heterocycles. The number of ketones is 1. The van der Waals surface area contributed by atoms with Crippen molar-refractivity contribution in [3.63, 3.8) is 0 Å². The van der Waals surface area contributed by atoms with Crippen LogP contribution in [0.4, 0.5) is 5.69 Å². The Balaban J connectivity index is 1.71. The number of carbonyl (C=O) groups is 2. The monoisotopic (exact) mass is 408 g/mol. The van der Waals surface area contributed by atoms with Crippen molar-refractivity contribution < 1.29 is 22.7 Å². The van der Waals surface area contributed by atoms with Gasteiger partial charge in [0.25, 0.3) is 5.91 Å². The summed E-state index contributed by atoms with van der Waals surface area (Å²) in [7, 11) is -3.13. The smallest absolute Gasteiger partial charge is 0.277 e. The maximum absolute atomic E-state index is 12.5. The van der Waals surface area contributed by atoms with E-state index in [1.807, 2.05) is 6.07 Å². The quantitative estimate of drug-likeness (QED) is 0.702. The predicted molar refractivity (Wildman–Crippen MR) is 104 cm³/mol. The van der Waals surface area contributed by atoms with Gasteiger partial charge in [0.1, 0.15) is 6.10 Å². The summed E-state index contributed by atoms with van der Waals surface area (Å²) in [6.07, 6.45) is 0.969. The minimum atomic E-state index is -3.13. The Bertz CT molecular complexity index is 921. The molecule has 0 saturated carbocycles. The van der Waals surface area contributed by atoms with Crippen molar-refractivity contribution in [3.05, 3.63) is 29.8 Å². The van der Waals surface area contributed by atoms with Crippen molar-refractivity contribution >= 4 is 44.1 Å². The van der Waals surface area contributed by atoms with E-state index in [2.05, 4.69) is 4.99 Å². The van der Waals surface area contributed by atoms with Crippen molar-refractivity contribution in [1.82, 2.24) is 0 Å². The van der Waals surface area contributed by atoms with Crippen LogP contribution in [0.15, 0.2) is 29.3 Å². The van der Waals surface area contributed by atoms with E-state index in [9.17, 15) is 18.0 Å². The standard InChI is InChI=1S/C18H20N2O5S2/c1-11(21)12-4-2-5-13(8-12)20-14-9-27(23,24)10-16(14)26-18(20)19-17(22)15-6-3-7-25-15/h2,4-5,8,14-16H,3,6-7,9-10H2,1H3. The first-order valence-corrected chi connectivity index (χ1v) is 11.6. The molecular formula is C18H20N2O5S2. The van der Waals surface area contributed by atoms with Gasteiger partial charge in [-0.1, -0.05) is 23.9 Å². The Kier molecular flexibility index (Phi) is 4.85. The van der Waals surface area contributed by atoms with E-state index in [1.165, 1.54) is 18.7 Å². The Morgan fingerprint density at radius 2 is 2.11 bits per heavy atom. The van der Waals surface area contributed by atoms with Crippen molar-refractivity contribution in [2.45, 2.75) is 37.2 Å². The lowest BCUT2D eigenvalue weighted by Gasteiger charge is -2.25. The van der Waals surface area contributed by atoms with Crippen LogP contribution in [0.2, 0.25) is 0 Å². The molecule has 3 unspecified atom stereocenters. The molecule has 0 bridgehead atoms. The second kappa shape index (κ2) is 7.03. The number of aliphatic imine (C=N–C) groups is 1. The second-order valence-electron chi connectivity index (χ2n) is 7.01. The van der Waals surface area contributed by atoms with Gasteiger partial charge in [0, 0.05) is 23.1 Å². The summed E-state index contributed by atoms with van der Waals surface area (Å²) < 4.78 is 29.6. The largest absolute Gasteiger partial charge is 0.368 e. The molecule has 3 atom stereocenters. The molecule has 0 radical (unpaired) electrons. The minimum Gasteiger partial charge on any atom is -0.368 e. The molecule has 9 heteroatoms. The van der Waals surface area contributed by atoms with Gasteiger partial charge in [-0.25, -0.2) is 8.42 Å². The zero-order valence-corrected chi connectivity index (χ0v) is 16.5. The summed E-state index contributed by atoms with van der Waals surface area (Å²) in [5, 5.41) is 0.313. The van der Waals surface area contributed by atoms with Gasteiger partial charge in [0.05, 0.1) is 17.5 Å². The van der Waals surface area contributed by atoms with Gasteiger partial charge >= 0.3 is 0 Å². The van der Waals surface area contributed by atoms with Crippen molar-refractivity contribution in [3.8, 4) is 0 Å². The molecule has 1 aromatic carbocycles. The third-order valence-corrected chi connectivity index (χ3v) is 8.22. The number of carbonyl (C=O) groups excluding carboxylic acids is 2. The van der Waals surface area contributed by atoms with Crippen LogP contribution in [0.3, 0.4) is 0 Å². The van der Waals surface area contributed by atoms with Crippen LogP contribution < -0.4 is 4.90 Å². The van der Waals surface area contributed by atoms with Gasteiger partial charge in [-0.15, -0.1) is 0 Å². The van der Waals surface area contributed by atoms with E-state index < -0.39 is 15.9 Å². The molecule has 1 aromatic rings. The van der Waals surface area contributed by atoms with E-state index in [-0.39, 0.29) is 34.5 Å². The first-order chi connectivity index (χ1) is 12.8. The van der Waals surface area contributed by atoms with Gasteiger partial charge in [0.2, 0.25) is 0 Å². The number of thioether (sulfide) groups is 1. The van der Waals surface area contributed by atoms with Crippen molar-refractivity contribution in [2.24, 2.45) is 4.99 Å². The highest BCUT2D eigenvalue weighted by molar-refractivity contribution is 8.16. The highest BCUT2D eigenvalue weighted by Crippen LogP contribution is 2.41. The molecule has 1 amide bonds. The number of fused-ring (bicyclic) bond motifs is 1. The number of sulfone groups is 1. The number of amidine groups is 1. The Labute approximate surface area is 162 Å². The minimum absolute atomic E-state index is 0.0160. The van der Waals surface area contributed by atoms with E-state index in [4.69, 9.17) is 4.74 Å². The molecule has 3 aliphatic heterocycles. The van der Waals surface area contributed by atoms with Crippen LogP contribution >= 0.6 is 11.8 Å². The molecule has 3 saturated heterocycles. The molecule has 144 valence electrons. The molecule has 7 nitrogen and oxygen atoms in total. The van der Waals surface area contributed by atoms with E-state index in [0.29, 0.717) is 29.4 Å². The normalized spacial score (nSPS) is 30.6. The number of hydrogen-bond acceptors (Lipinski definition) is 6. The van der Waals surface area contributed by atoms with Crippen LogP contribution in [0.1, 0.15) is 30.1 Å². The van der Waals surface area contributed by atoms with Crippen LogP contribution in [0.5, 0.6) is 0 Å². The first kappa shape index (κ1) is 18.6. The molecule has 4 rings (SSSR count). The molecule has 0 spiro atoms. The second-order valence-corrected chi connectivity index (χ2v) is 10.4. The predicted octanol–water partition coefficient (Wildman–Crippen LogP) is 1.67. The summed E-state index contributed by atoms with van der Waals surface area (Å²) in [4.78, 5) is 30.3. The van der Waals surface area contributed by atoms with Crippen LogP contribution in [0.25, 0.3) is 0 Å². The average molecular weight is 409 g/mol. The van der Waals surface area contributed by atoms with Gasteiger partial charge < -0.3 is 9.64 Å². The lowest BCUT2D eigenvalue weighted by molar-refractivity contribution is -0.126. The number of benzene rings is 1. The van der Waals surface area contributed by atoms with Gasteiger partial charge in [-0.3, -0.25) is 9.59 Å². The number of Topliss-reactive ketones (excluding diaryl/α,β-unsaturated/α-hetero) is 1. The van der Waals surface area contributed by atoms with Crippen LogP contribution in [0, 0.1) is 0 Å². The Morgan fingerprint density at radius 3 is 2.81 bits per heavy atom. The summed E-state index contributed by atoms with van der Waals surface area (Å²) in [6, 6.07) is 6.71. The lowest BCUT2D eigenvalue weighted by atomic mass is 10.1. The van der Waals surface area contributed by atoms with Crippen molar-refractivity contribution in [1.29, 1.82) is 0 Å².